The summed E-state index contributed by atoms with van der Waals surface area (Å²) in [6.45, 7) is 1.82. The zero-order valence-corrected chi connectivity index (χ0v) is 18.1. The third-order valence-corrected chi connectivity index (χ3v) is 4.89. The van der Waals surface area contributed by atoms with Crippen molar-refractivity contribution in [3.63, 3.8) is 0 Å². The Morgan fingerprint density at radius 3 is 2.63 bits per heavy atom. The van der Waals surface area contributed by atoms with Crippen molar-refractivity contribution >= 4 is 33.4 Å². The number of amides is 2. The average Bonchev–Trinajstić information content (AvgIpc) is 3.17. The Balaban J connectivity index is 1.49. The SMILES string of the molecule is Cc1cc(Br)ccc1NC(=O)CN(C)C(=O)CCc1nc(-c2ccc(F)cc2)no1. The van der Waals surface area contributed by atoms with Gasteiger partial charge in [-0.1, -0.05) is 21.1 Å². The van der Waals surface area contributed by atoms with Gasteiger partial charge in [-0.05, 0) is 55.0 Å². The molecule has 3 rings (SSSR count). The van der Waals surface area contributed by atoms with Crippen LogP contribution in [-0.4, -0.2) is 40.4 Å². The molecular formula is C21H20BrFN4O3. The van der Waals surface area contributed by atoms with E-state index in [4.69, 9.17) is 4.52 Å². The van der Waals surface area contributed by atoms with Gasteiger partial charge >= 0.3 is 0 Å². The molecule has 30 heavy (non-hydrogen) atoms. The fourth-order valence-corrected chi connectivity index (χ4v) is 3.21. The van der Waals surface area contributed by atoms with E-state index in [1.165, 1.54) is 17.0 Å². The number of halogens is 2. The number of nitrogens with zero attached hydrogens (tertiary/aromatic N) is 3. The van der Waals surface area contributed by atoms with Crippen LogP contribution >= 0.6 is 15.9 Å². The number of rotatable bonds is 7. The summed E-state index contributed by atoms with van der Waals surface area (Å²) in [6, 6.07) is 11.3. The fraction of sp³-hybridized carbons (Fsp3) is 0.238. The minimum Gasteiger partial charge on any atom is -0.339 e. The summed E-state index contributed by atoms with van der Waals surface area (Å²) in [6.07, 6.45) is 0.358. The highest BCUT2D eigenvalue weighted by atomic mass is 79.9. The number of carbonyl (C=O) groups excluding carboxylic acids is 2. The standard InChI is InChI=1S/C21H20BrFN4O3/c1-13-11-15(22)5-8-17(13)24-18(28)12-27(2)20(29)10-9-19-25-21(26-30-19)14-3-6-16(23)7-4-14/h3-8,11H,9-10,12H2,1-2H3,(H,24,28). The second-order valence-electron chi connectivity index (χ2n) is 6.78. The molecule has 3 aromatic rings. The van der Waals surface area contributed by atoms with Crippen molar-refractivity contribution in [1.82, 2.24) is 15.0 Å². The van der Waals surface area contributed by atoms with Crippen molar-refractivity contribution in [3.8, 4) is 11.4 Å². The molecule has 0 radical (unpaired) electrons. The van der Waals surface area contributed by atoms with E-state index >= 15 is 0 Å². The van der Waals surface area contributed by atoms with Crippen LogP contribution in [0.4, 0.5) is 10.1 Å². The largest absolute Gasteiger partial charge is 0.339 e. The molecule has 0 aliphatic rings. The number of carbonyl (C=O) groups is 2. The van der Waals surface area contributed by atoms with E-state index in [2.05, 4.69) is 31.4 Å². The Labute approximate surface area is 181 Å². The van der Waals surface area contributed by atoms with Crippen LogP contribution in [0.15, 0.2) is 51.5 Å². The number of hydrogen-bond donors (Lipinski definition) is 1. The van der Waals surface area contributed by atoms with E-state index < -0.39 is 0 Å². The number of aromatic nitrogens is 2. The van der Waals surface area contributed by atoms with E-state index in [1.54, 1.807) is 25.2 Å². The van der Waals surface area contributed by atoms with Crippen molar-refractivity contribution in [1.29, 1.82) is 0 Å². The van der Waals surface area contributed by atoms with Gasteiger partial charge in [-0.3, -0.25) is 9.59 Å². The fourth-order valence-electron chi connectivity index (χ4n) is 2.74. The summed E-state index contributed by atoms with van der Waals surface area (Å²) in [5.41, 5.74) is 2.23. The molecule has 0 aliphatic heterocycles. The highest BCUT2D eigenvalue weighted by molar-refractivity contribution is 9.10. The number of benzene rings is 2. The zero-order valence-electron chi connectivity index (χ0n) is 16.5. The van der Waals surface area contributed by atoms with Gasteiger partial charge in [0.05, 0.1) is 6.54 Å². The van der Waals surface area contributed by atoms with Gasteiger partial charge in [0, 0.05) is 35.6 Å². The molecular weight excluding hydrogens is 455 g/mol. The minimum absolute atomic E-state index is 0.0704. The molecule has 1 N–H and O–H groups in total. The molecule has 2 aromatic carbocycles. The van der Waals surface area contributed by atoms with E-state index in [-0.39, 0.29) is 37.0 Å². The van der Waals surface area contributed by atoms with E-state index in [0.717, 1.165) is 10.0 Å². The Hall–Kier alpha value is -3.07. The summed E-state index contributed by atoms with van der Waals surface area (Å²) in [4.78, 5) is 30.1. The molecule has 156 valence electrons. The molecule has 0 unspecified atom stereocenters. The lowest BCUT2D eigenvalue weighted by atomic mass is 10.2. The van der Waals surface area contributed by atoms with Gasteiger partial charge < -0.3 is 14.7 Å². The predicted octanol–water partition coefficient (Wildman–Crippen LogP) is 3.98. The number of likely N-dealkylation sites (N-methyl/N-ethyl adjacent to an activating group) is 1. The molecule has 9 heteroatoms. The molecule has 0 saturated heterocycles. The summed E-state index contributed by atoms with van der Waals surface area (Å²) >= 11 is 3.38. The average molecular weight is 475 g/mol. The number of hydrogen-bond acceptors (Lipinski definition) is 5. The maximum atomic E-state index is 13.0. The van der Waals surface area contributed by atoms with Crippen molar-refractivity contribution in [2.45, 2.75) is 19.8 Å². The molecule has 2 amide bonds. The van der Waals surface area contributed by atoms with Gasteiger partial charge in [0.1, 0.15) is 5.82 Å². The summed E-state index contributed by atoms with van der Waals surface area (Å²) in [5, 5.41) is 6.65. The first kappa shape index (κ1) is 21.6. The Bertz CT molecular complexity index is 1050. The Morgan fingerprint density at radius 2 is 1.93 bits per heavy atom. The van der Waals surface area contributed by atoms with E-state index in [1.807, 2.05) is 19.1 Å². The van der Waals surface area contributed by atoms with Crippen molar-refractivity contribution < 1.29 is 18.5 Å². The second kappa shape index (κ2) is 9.62. The summed E-state index contributed by atoms with van der Waals surface area (Å²) < 4.78 is 19.1. The lowest BCUT2D eigenvalue weighted by molar-refractivity contribution is -0.133. The molecule has 7 nitrogen and oxygen atoms in total. The van der Waals surface area contributed by atoms with Crippen LogP contribution in [0.5, 0.6) is 0 Å². The van der Waals surface area contributed by atoms with Crippen molar-refractivity contribution in [3.05, 3.63) is 64.2 Å². The number of aryl methyl sites for hydroxylation is 2. The van der Waals surface area contributed by atoms with Gasteiger partial charge in [0.15, 0.2) is 0 Å². The first-order chi connectivity index (χ1) is 14.3. The molecule has 0 atom stereocenters. The van der Waals surface area contributed by atoms with E-state index in [9.17, 15) is 14.0 Å². The minimum atomic E-state index is -0.351. The van der Waals surface area contributed by atoms with Crippen LogP contribution < -0.4 is 5.32 Å². The molecule has 0 bridgehead atoms. The molecule has 1 heterocycles. The van der Waals surface area contributed by atoms with Gasteiger partial charge in [-0.15, -0.1) is 0 Å². The molecule has 0 aliphatic carbocycles. The maximum Gasteiger partial charge on any atom is 0.243 e. The summed E-state index contributed by atoms with van der Waals surface area (Å²) in [7, 11) is 1.56. The lowest BCUT2D eigenvalue weighted by Gasteiger charge is -2.17. The first-order valence-electron chi connectivity index (χ1n) is 9.20. The Kier molecular flexibility index (Phi) is 6.94. The smallest absolute Gasteiger partial charge is 0.243 e. The van der Waals surface area contributed by atoms with Crippen molar-refractivity contribution in [2.75, 3.05) is 18.9 Å². The third-order valence-electron chi connectivity index (χ3n) is 4.39. The van der Waals surface area contributed by atoms with E-state index in [0.29, 0.717) is 23.0 Å². The molecule has 1 aromatic heterocycles. The third kappa shape index (κ3) is 5.73. The van der Waals surface area contributed by atoms with Crippen LogP contribution in [-0.2, 0) is 16.0 Å². The molecule has 0 fully saturated rings. The lowest BCUT2D eigenvalue weighted by Crippen LogP contribution is -2.35. The van der Waals surface area contributed by atoms with Gasteiger partial charge in [0.25, 0.3) is 0 Å². The maximum absolute atomic E-state index is 13.0. The van der Waals surface area contributed by atoms with Crippen LogP contribution in [0, 0.1) is 12.7 Å². The van der Waals surface area contributed by atoms with Crippen LogP contribution in [0.25, 0.3) is 11.4 Å². The number of anilines is 1. The molecule has 0 saturated carbocycles. The highest BCUT2D eigenvalue weighted by Crippen LogP contribution is 2.20. The Morgan fingerprint density at radius 1 is 1.20 bits per heavy atom. The second-order valence-corrected chi connectivity index (χ2v) is 7.69. The monoisotopic (exact) mass is 474 g/mol. The van der Waals surface area contributed by atoms with Crippen LogP contribution in [0.2, 0.25) is 0 Å². The van der Waals surface area contributed by atoms with Gasteiger partial charge in [-0.25, -0.2) is 4.39 Å². The number of nitrogens with one attached hydrogen (secondary N) is 1. The topological polar surface area (TPSA) is 88.3 Å². The van der Waals surface area contributed by atoms with Crippen molar-refractivity contribution in [2.24, 2.45) is 0 Å². The first-order valence-corrected chi connectivity index (χ1v) is 9.99. The predicted molar refractivity (Wildman–Crippen MR) is 113 cm³/mol. The highest BCUT2D eigenvalue weighted by Gasteiger charge is 2.16. The van der Waals surface area contributed by atoms with Crippen LogP contribution in [0.1, 0.15) is 17.9 Å². The van der Waals surface area contributed by atoms with Crippen LogP contribution in [0.3, 0.4) is 0 Å². The summed E-state index contributed by atoms with van der Waals surface area (Å²) in [5.74, 6) is -0.233. The zero-order chi connectivity index (χ0) is 21.7. The molecule has 0 spiro atoms. The normalized spacial score (nSPS) is 10.7. The van der Waals surface area contributed by atoms with Gasteiger partial charge in [0.2, 0.25) is 23.5 Å². The quantitative estimate of drug-likeness (QED) is 0.559. The van der Waals surface area contributed by atoms with Gasteiger partial charge in [-0.2, -0.15) is 4.98 Å².